The normalized spacial score (nSPS) is 24.0. The highest BCUT2D eigenvalue weighted by Gasteiger charge is 2.36. The summed E-state index contributed by atoms with van der Waals surface area (Å²) in [6.45, 7) is 3.25. The number of hydrogen-bond acceptors (Lipinski definition) is 4. The number of aromatic nitrogens is 1. The highest BCUT2D eigenvalue weighted by molar-refractivity contribution is 7.86. The lowest BCUT2D eigenvalue weighted by atomic mass is 9.96. The van der Waals surface area contributed by atoms with Crippen molar-refractivity contribution in [3.8, 4) is 0 Å². The van der Waals surface area contributed by atoms with Crippen molar-refractivity contribution in [3.05, 3.63) is 66.0 Å². The van der Waals surface area contributed by atoms with Gasteiger partial charge in [-0.15, -0.1) is 0 Å². The van der Waals surface area contributed by atoms with Gasteiger partial charge >= 0.3 is 10.1 Å². The third-order valence-corrected chi connectivity index (χ3v) is 6.21. The molecule has 5 nitrogen and oxygen atoms in total. The number of hydroxylamine groups is 3. The van der Waals surface area contributed by atoms with Gasteiger partial charge in [-0.3, -0.25) is 4.98 Å². The van der Waals surface area contributed by atoms with Crippen LogP contribution in [0.5, 0.6) is 0 Å². The second-order valence-electron chi connectivity index (χ2n) is 7.06. The summed E-state index contributed by atoms with van der Waals surface area (Å²) >= 11 is 0. The van der Waals surface area contributed by atoms with Gasteiger partial charge < -0.3 is 0 Å². The summed E-state index contributed by atoms with van der Waals surface area (Å²) in [5.74, 6) is 0.431. The van der Waals surface area contributed by atoms with Crippen LogP contribution in [0.25, 0.3) is 6.08 Å². The van der Waals surface area contributed by atoms with Crippen LogP contribution in [0.1, 0.15) is 24.0 Å². The predicted molar refractivity (Wildman–Crippen MR) is 101 cm³/mol. The number of hydrogen-bond donors (Lipinski definition) is 0. The lowest BCUT2D eigenvalue weighted by molar-refractivity contribution is -1.07. The second kappa shape index (κ2) is 7.70. The van der Waals surface area contributed by atoms with Gasteiger partial charge in [0.2, 0.25) is 0 Å². The molecular formula is C20H25N2O3S+. The van der Waals surface area contributed by atoms with Crippen LogP contribution in [0.15, 0.2) is 59.8 Å². The fourth-order valence-corrected chi connectivity index (χ4v) is 4.29. The molecule has 0 atom stereocenters. The molecule has 0 amide bonds. The number of rotatable bonds is 5. The number of allylic oxidation sites excluding steroid dienone is 1. The van der Waals surface area contributed by atoms with Gasteiger partial charge in [-0.05, 0) is 42.7 Å². The molecule has 0 N–H and O–H groups in total. The van der Waals surface area contributed by atoms with Gasteiger partial charge in [0.25, 0.3) is 0 Å². The Balaban J connectivity index is 1.61. The van der Waals surface area contributed by atoms with Crippen molar-refractivity contribution in [1.29, 1.82) is 0 Å². The molecule has 1 fully saturated rings. The standard InChI is InChI=1S/C20H25N2O3S/c1-17-3-7-20(8-4-17)26(23,24)25-22(2)15-11-19(12-16-22)6-5-18-9-13-21-14-10-18/h3-10,13-14,19H,11-12,15-16H2,1-2H3/q+1. The average Bonchev–Trinajstić information content (AvgIpc) is 2.62. The van der Waals surface area contributed by atoms with Crippen molar-refractivity contribution in [3.63, 3.8) is 0 Å². The van der Waals surface area contributed by atoms with Crippen molar-refractivity contribution in [2.24, 2.45) is 5.92 Å². The third kappa shape index (κ3) is 4.78. The average molecular weight is 373 g/mol. The van der Waals surface area contributed by atoms with Crippen LogP contribution in [-0.2, 0) is 14.4 Å². The minimum atomic E-state index is -3.76. The van der Waals surface area contributed by atoms with Crippen molar-refractivity contribution >= 4 is 16.2 Å². The Labute approximate surface area is 155 Å². The first-order chi connectivity index (χ1) is 12.4. The highest BCUT2D eigenvalue weighted by atomic mass is 32.2. The Morgan fingerprint density at radius 2 is 1.69 bits per heavy atom. The fourth-order valence-electron chi connectivity index (χ4n) is 3.11. The van der Waals surface area contributed by atoms with Gasteiger partial charge in [0.1, 0.15) is 20.1 Å². The molecule has 1 aromatic carbocycles. The molecule has 2 aromatic rings. The molecule has 1 aromatic heterocycles. The van der Waals surface area contributed by atoms with Gasteiger partial charge in [-0.1, -0.05) is 34.1 Å². The van der Waals surface area contributed by atoms with Gasteiger partial charge in [0, 0.05) is 25.2 Å². The molecule has 0 bridgehead atoms. The summed E-state index contributed by atoms with van der Waals surface area (Å²) in [7, 11) is -1.92. The number of aryl methyl sites for hydroxylation is 1. The van der Waals surface area contributed by atoms with E-state index in [4.69, 9.17) is 4.28 Å². The molecule has 0 radical (unpaired) electrons. The Bertz CT molecular complexity index is 854. The molecule has 2 heterocycles. The summed E-state index contributed by atoms with van der Waals surface area (Å²) in [6, 6.07) is 10.7. The van der Waals surface area contributed by atoms with E-state index < -0.39 is 10.1 Å². The predicted octanol–water partition coefficient (Wildman–Crippen LogP) is 3.58. The third-order valence-electron chi connectivity index (χ3n) is 4.80. The van der Waals surface area contributed by atoms with Gasteiger partial charge in [0.05, 0.1) is 4.90 Å². The molecule has 138 valence electrons. The van der Waals surface area contributed by atoms with Gasteiger partial charge in [-0.2, -0.15) is 13.1 Å². The Kier molecular flexibility index (Phi) is 5.55. The molecule has 6 heteroatoms. The summed E-state index contributed by atoms with van der Waals surface area (Å²) in [5, 5.41) is 0. The van der Waals surface area contributed by atoms with Crippen LogP contribution >= 0.6 is 0 Å². The molecule has 3 rings (SSSR count). The molecule has 0 aliphatic carbocycles. The van der Waals surface area contributed by atoms with E-state index in [1.165, 1.54) is 0 Å². The largest absolute Gasteiger partial charge is 0.342 e. The smallest absolute Gasteiger partial charge is 0.265 e. The van der Waals surface area contributed by atoms with Crippen molar-refractivity contribution in [2.45, 2.75) is 24.7 Å². The van der Waals surface area contributed by atoms with Crippen molar-refractivity contribution in [1.82, 2.24) is 4.98 Å². The summed E-state index contributed by atoms with van der Waals surface area (Å²) in [4.78, 5) is 4.22. The zero-order valence-electron chi connectivity index (χ0n) is 15.2. The number of nitrogens with zero attached hydrogens (tertiary/aromatic N) is 2. The van der Waals surface area contributed by atoms with Crippen LogP contribution in [0, 0.1) is 12.8 Å². The summed E-state index contributed by atoms with van der Waals surface area (Å²) in [5.41, 5.74) is 2.15. The van der Waals surface area contributed by atoms with E-state index in [1.807, 2.05) is 26.1 Å². The first kappa shape index (κ1) is 18.8. The first-order valence-electron chi connectivity index (χ1n) is 8.82. The Morgan fingerprint density at radius 3 is 2.31 bits per heavy atom. The van der Waals surface area contributed by atoms with Crippen molar-refractivity contribution in [2.75, 3.05) is 20.1 Å². The van der Waals surface area contributed by atoms with E-state index >= 15 is 0 Å². The number of likely N-dealkylation sites (tertiary alicyclic amines) is 1. The van der Waals surface area contributed by atoms with Crippen LogP contribution < -0.4 is 0 Å². The molecule has 1 aliphatic heterocycles. The Hall–Kier alpha value is -2.02. The molecule has 0 spiro atoms. The van der Waals surface area contributed by atoms with E-state index in [2.05, 4.69) is 17.1 Å². The molecule has 26 heavy (non-hydrogen) atoms. The van der Waals surface area contributed by atoms with Crippen LogP contribution in [-0.4, -0.2) is 38.2 Å². The lowest BCUT2D eigenvalue weighted by Gasteiger charge is -2.35. The molecule has 0 saturated carbocycles. The van der Waals surface area contributed by atoms with Crippen LogP contribution in [0.4, 0.5) is 0 Å². The number of benzene rings is 1. The maximum absolute atomic E-state index is 12.6. The van der Waals surface area contributed by atoms with E-state index in [0.29, 0.717) is 19.0 Å². The zero-order valence-corrected chi connectivity index (χ0v) is 16.0. The SMILES string of the molecule is Cc1ccc(S(=O)(=O)O[N+]2(C)CCC(C=Cc3ccncc3)CC2)cc1. The van der Waals surface area contributed by atoms with Crippen molar-refractivity contribution < 1.29 is 17.3 Å². The fraction of sp³-hybridized carbons (Fsp3) is 0.350. The second-order valence-corrected chi connectivity index (χ2v) is 8.59. The number of piperidine rings is 1. The molecule has 1 aliphatic rings. The maximum Gasteiger partial charge on any atom is 0.342 e. The van der Waals surface area contributed by atoms with Crippen LogP contribution in [0.2, 0.25) is 0 Å². The number of pyridine rings is 1. The van der Waals surface area contributed by atoms with E-state index in [-0.39, 0.29) is 9.54 Å². The Morgan fingerprint density at radius 1 is 1.08 bits per heavy atom. The summed E-state index contributed by atoms with van der Waals surface area (Å²) in [6.07, 6.45) is 9.64. The van der Waals surface area contributed by atoms with E-state index in [0.717, 1.165) is 24.0 Å². The van der Waals surface area contributed by atoms with E-state index in [9.17, 15) is 8.42 Å². The van der Waals surface area contributed by atoms with Crippen LogP contribution in [0.3, 0.4) is 0 Å². The minimum absolute atomic E-state index is 0.0931. The maximum atomic E-state index is 12.6. The monoisotopic (exact) mass is 373 g/mol. The molecule has 1 saturated heterocycles. The molecule has 0 unspecified atom stereocenters. The molecular weight excluding hydrogens is 348 g/mol. The summed E-state index contributed by atoms with van der Waals surface area (Å²) < 4.78 is 30.8. The van der Waals surface area contributed by atoms with Gasteiger partial charge in [0.15, 0.2) is 0 Å². The topological polar surface area (TPSA) is 56.3 Å². The minimum Gasteiger partial charge on any atom is -0.265 e. The van der Waals surface area contributed by atoms with E-state index in [1.54, 1.807) is 36.7 Å². The first-order valence-corrected chi connectivity index (χ1v) is 10.2. The number of quaternary nitrogens is 1. The zero-order chi connectivity index (χ0) is 18.6. The quantitative estimate of drug-likeness (QED) is 0.752. The van der Waals surface area contributed by atoms with Gasteiger partial charge in [-0.25, -0.2) is 0 Å². The lowest BCUT2D eigenvalue weighted by Crippen LogP contribution is -2.50. The highest BCUT2D eigenvalue weighted by Crippen LogP contribution is 2.27.